The van der Waals surface area contributed by atoms with E-state index in [0.29, 0.717) is 12.5 Å². The first-order valence-corrected chi connectivity index (χ1v) is 8.25. The third-order valence-electron chi connectivity index (χ3n) is 3.28. The monoisotopic (exact) mass is 327 g/mol. The Balaban J connectivity index is 1.50. The van der Waals surface area contributed by atoms with Crippen LogP contribution >= 0.6 is 11.3 Å². The smallest absolute Gasteiger partial charge is 0.233 e. The molecule has 2 heterocycles. The highest BCUT2D eigenvalue weighted by atomic mass is 32.1. The first-order valence-electron chi connectivity index (χ1n) is 7.37. The molecule has 0 fully saturated rings. The van der Waals surface area contributed by atoms with Crippen LogP contribution in [0.2, 0.25) is 0 Å². The van der Waals surface area contributed by atoms with Crippen molar-refractivity contribution in [1.29, 1.82) is 0 Å². The van der Waals surface area contributed by atoms with Gasteiger partial charge >= 0.3 is 0 Å². The maximum atomic E-state index is 9.01. The van der Waals surface area contributed by atoms with Crippen molar-refractivity contribution in [2.45, 2.75) is 26.1 Å². The van der Waals surface area contributed by atoms with E-state index in [0.717, 1.165) is 34.8 Å². The van der Waals surface area contributed by atoms with Crippen molar-refractivity contribution in [3.05, 3.63) is 69.8 Å². The Labute approximate surface area is 138 Å². The molecule has 0 spiro atoms. The van der Waals surface area contributed by atoms with Crippen LogP contribution in [0.15, 0.2) is 47.8 Å². The Morgan fingerprint density at radius 2 is 1.83 bits per heavy atom. The summed E-state index contributed by atoms with van der Waals surface area (Å²) in [6.45, 7) is 0.474. The van der Waals surface area contributed by atoms with Gasteiger partial charge in [0.2, 0.25) is 5.88 Å². The number of benzene rings is 1. The van der Waals surface area contributed by atoms with E-state index >= 15 is 0 Å². The minimum atomic E-state index is -0.0102. The predicted octanol–water partition coefficient (Wildman–Crippen LogP) is 2.79. The molecule has 3 rings (SSSR count). The summed E-state index contributed by atoms with van der Waals surface area (Å²) in [5.41, 5.74) is 2.72. The molecule has 0 bridgehead atoms. The Kier molecular flexibility index (Phi) is 5.29. The molecule has 0 aliphatic carbocycles. The lowest BCUT2D eigenvalue weighted by atomic mass is 10.2. The van der Waals surface area contributed by atoms with Crippen molar-refractivity contribution in [3.8, 4) is 5.88 Å². The van der Waals surface area contributed by atoms with Crippen LogP contribution in [-0.4, -0.2) is 20.3 Å². The topological polar surface area (TPSA) is 68.1 Å². The van der Waals surface area contributed by atoms with E-state index in [9.17, 15) is 0 Å². The summed E-state index contributed by atoms with van der Waals surface area (Å²) in [7, 11) is 0. The van der Waals surface area contributed by atoms with E-state index in [-0.39, 0.29) is 6.61 Å². The fraction of sp³-hybridized carbons (Fsp3) is 0.235. The number of hydrogen-bond acceptors (Lipinski definition) is 6. The molecular weight excluding hydrogens is 310 g/mol. The Morgan fingerprint density at radius 3 is 2.52 bits per heavy atom. The van der Waals surface area contributed by atoms with Crippen LogP contribution in [-0.2, 0) is 26.1 Å². The second-order valence-corrected chi connectivity index (χ2v) is 5.97. The summed E-state index contributed by atoms with van der Waals surface area (Å²) in [6.07, 6.45) is 1.56. The van der Waals surface area contributed by atoms with Gasteiger partial charge in [-0.15, -0.1) is 16.4 Å². The third kappa shape index (κ3) is 4.58. The second kappa shape index (κ2) is 7.80. The molecule has 0 saturated carbocycles. The average molecular weight is 327 g/mol. The van der Waals surface area contributed by atoms with Gasteiger partial charge in [0, 0.05) is 17.9 Å². The molecule has 0 aliphatic heterocycles. The Hall–Kier alpha value is -2.31. The largest absolute Gasteiger partial charge is 0.472 e. The number of aliphatic hydroxyl groups excluding tert-OH is 1. The van der Waals surface area contributed by atoms with Gasteiger partial charge in [-0.3, -0.25) is 0 Å². The fourth-order valence-corrected chi connectivity index (χ4v) is 2.85. The molecule has 0 atom stereocenters. The van der Waals surface area contributed by atoms with Crippen LogP contribution < -0.4 is 4.74 Å². The van der Waals surface area contributed by atoms with Crippen molar-refractivity contribution >= 4 is 11.3 Å². The van der Waals surface area contributed by atoms with Crippen LogP contribution in [0.5, 0.6) is 5.88 Å². The van der Waals surface area contributed by atoms with Gasteiger partial charge in [0.25, 0.3) is 0 Å². The van der Waals surface area contributed by atoms with Crippen LogP contribution in [0.3, 0.4) is 0 Å². The second-order valence-electron chi connectivity index (χ2n) is 5.03. The number of thiazole rings is 1. The van der Waals surface area contributed by atoms with Gasteiger partial charge in [-0.25, -0.2) is 4.98 Å². The fourth-order valence-electron chi connectivity index (χ4n) is 2.06. The SMILES string of the molecule is OCc1csc(CCc2ccc(OCc3ccccc3)nn2)n1. The maximum absolute atomic E-state index is 9.01. The number of hydrogen-bond donors (Lipinski definition) is 1. The molecule has 118 valence electrons. The maximum Gasteiger partial charge on any atom is 0.233 e. The minimum absolute atomic E-state index is 0.0102. The van der Waals surface area contributed by atoms with E-state index < -0.39 is 0 Å². The summed E-state index contributed by atoms with van der Waals surface area (Å²) < 4.78 is 5.62. The van der Waals surface area contributed by atoms with Gasteiger partial charge in [-0.1, -0.05) is 30.3 Å². The van der Waals surface area contributed by atoms with E-state index in [2.05, 4.69) is 15.2 Å². The van der Waals surface area contributed by atoms with Gasteiger partial charge < -0.3 is 9.84 Å². The van der Waals surface area contributed by atoms with Crippen molar-refractivity contribution in [3.63, 3.8) is 0 Å². The molecule has 5 nitrogen and oxygen atoms in total. The molecule has 0 saturated heterocycles. The standard InChI is InChI=1S/C17H17N3O2S/c21-10-15-12-23-17(18-15)9-7-14-6-8-16(20-19-14)22-11-13-4-2-1-3-5-13/h1-6,8,12,21H,7,9-11H2. The number of aryl methyl sites for hydroxylation is 2. The van der Waals surface area contributed by atoms with E-state index in [1.54, 1.807) is 11.3 Å². The minimum Gasteiger partial charge on any atom is -0.472 e. The average Bonchev–Trinajstić information content (AvgIpc) is 3.08. The highest BCUT2D eigenvalue weighted by Gasteiger charge is 2.04. The molecule has 0 amide bonds. The number of ether oxygens (including phenoxy) is 1. The number of nitrogens with zero attached hydrogens (tertiary/aromatic N) is 3. The highest BCUT2D eigenvalue weighted by molar-refractivity contribution is 7.09. The van der Waals surface area contributed by atoms with E-state index in [1.807, 2.05) is 47.8 Å². The van der Waals surface area contributed by atoms with E-state index in [4.69, 9.17) is 9.84 Å². The molecule has 6 heteroatoms. The molecule has 0 radical (unpaired) electrons. The zero-order valence-electron chi connectivity index (χ0n) is 12.6. The van der Waals surface area contributed by atoms with Crippen LogP contribution in [0.25, 0.3) is 0 Å². The zero-order valence-corrected chi connectivity index (χ0v) is 13.4. The van der Waals surface area contributed by atoms with Crippen molar-refractivity contribution in [2.75, 3.05) is 0 Å². The quantitative estimate of drug-likeness (QED) is 0.723. The number of rotatable bonds is 7. The molecule has 3 aromatic rings. The first kappa shape index (κ1) is 15.6. The van der Waals surface area contributed by atoms with E-state index in [1.165, 1.54) is 0 Å². The molecular formula is C17H17N3O2S. The first-order chi connectivity index (χ1) is 11.3. The van der Waals surface area contributed by atoms with Crippen LogP contribution in [0, 0.1) is 0 Å². The normalized spacial score (nSPS) is 10.7. The van der Waals surface area contributed by atoms with Crippen LogP contribution in [0.4, 0.5) is 0 Å². The Morgan fingerprint density at radius 1 is 0.957 bits per heavy atom. The van der Waals surface area contributed by atoms with Gasteiger partial charge in [0.1, 0.15) is 6.61 Å². The summed E-state index contributed by atoms with van der Waals surface area (Å²) in [5.74, 6) is 0.523. The van der Waals surface area contributed by atoms with Crippen molar-refractivity contribution < 1.29 is 9.84 Å². The lowest BCUT2D eigenvalue weighted by Gasteiger charge is -2.05. The van der Waals surface area contributed by atoms with Crippen molar-refractivity contribution in [1.82, 2.24) is 15.2 Å². The molecule has 0 aliphatic rings. The summed E-state index contributed by atoms with van der Waals surface area (Å²) in [4.78, 5) is 4.32. The molecule has 0 unspecified atom stereocenters. The van der Waals surface area contributed by atoms with Gasteiger partial charge in [-0.05, 0) is 18.1 Å². The third-order valence-corrected chi connectivity index (χ3v) is 4.24. The molecule has 1 aromatic carbocycles. The number of aliphatic hydroxyl groups is 1. The molecule has 2 aromatic heterocycles. The summed E-state index contributed by atoms with van der Waals surface area (Å²) >= 11 is 1.56. The lowest BCUT2D eigenvalue weighted by molar-refractivity contribution is 0.277. The number of aromatic nitrogens is 3. The van der Waals surface area contributed by atoms with Gasteiger partial charge in [0.05, 0.1) is 23.0 Å². The summed E-state index contributed by atoms with van der Waals surface area (Å²) in [5, 5.41) is 20.2. The zero-order chi connectivity index (χ0) is 15.9. The predicted molar refractivity (Wildman–Crippen MR) is 88.3 cm³/mol. The van der Waals surface area contributed by atoms with Crippen molar-refractivity contribution in [2.24, 2.45) is 0 Å². The lowest BCUT2D eigenvalue weighted by Crippen LogP contribution is -2.01. The highest BCUT2D eigenvalue weighted by Crippen LogP contribution is 2.13. The van der Waals surface area contributed by atoms with Gasteiger partial charge in [0.15, 0.2) is 0 Å². The summed E-state index contributed by atoms with van der Waals surface area (Å²) in [6, 6.07) is 13.7. The molecule has 23 heavy (non-hydrogen) atoms. The van der Waals surface area contributed by atoms with Gasteiger partial charge in [-0.2, -0.15) is 5.10 Å². The molecule has 1 N–H and O–H groups in total. The van der Waals surface area contributed by atoms with Crippen LogP contribution in [0.1, 0.15) is 22.0 Å². The Bertz CT molecular complexity index is 729.